The molecule has 166 valence electrons. The van der Waals surface area contributed by atoms with E-state index in [1.54, 1.807) is 18.2 Å². The van der Waals surface area contributed by atoms with Gasteiger partial charge in [-0.3, -0.25) is 9.36 Å². The van der Waals surface area contributed by atoms with Gasteiger partial charge in [0.15, 0.2) is 11.0 Å². The molecule has 0 aliphatic heterocycles. The second kappa shape index (κ2) is 11.0. The average Bonchev–Trinajstić information content (AvgIpc) is 3.24. The van der Waals surface area contributed by atoms with E-state index in [0.29, 0.717) is 26.6 Å². The van der Waals surface area contributed by atoms with Crippen molar-refractivity contribution < 1.29 is 4.79 Å². The third kappa shape index (κ3) is 6.03. The zero-order valence-corrected chi connectivity index (χ0v) is 20.9. The van der Waals surface area contributed by atoms with Crippen LogP contribution < -0.4 is 5.43 Å². The van der Waals surface area contributed by atoms with Crippen LogP contribution in [0.5, 0.6) is 0 Å². The van der Waals surface area contributed by atoms with Gasteiger partial charge in [-0.2, -0.15) is 5.10 Å². The fraction of sp³-hybridized carbons (Fsp3) is 0.0435. The van der Waals surface area contributed by atoms with Crippen LogP contribution in [0.2, 0.25) is 10.0 Å². The number of amides is 1. The van der Waals surface area contributed by atoms with E-state index in [1.165, 1.54) is 18.0 Å². The molecule has 33 heavy (non-hydrogen) atoms. The first-order chi connectivity index (χ1) is 16.0. The Balaban J connectivity index is 1.49. The Morgan fingerprint density at radius 1 is 1.06 bits per heavy atom. The van der Waals surface area contributed by atoms with Crippen LogP contribution in [0.25, 0.3) is 17.1 Å². The second-order valence-corrected chi connectivity index (χ2v) is 9.43. The average molecular weight is 561 g/mol. The summed E-state index contributed by atoms with van der Waals surface area (Å²) >= 11 is 16.7. The van der Waals surface area contributed by atoms with Crippen molar-refractivity contribution in [2.75, 3.05) is 5.75 Å². The predicted molar refractivity (Wildman–Crippen MR) is 137 cm³/mol. The number of halogens is 3. The van der Waals surface area contributed by atoms with E-state index in [0.717, 1.165) is 15.7 Å². The van der Waals surface area contributed by atoms with Crippen LogP contribution in [0, 0.1) is 0 Å². The highest BCUT2D eigenvalue weighted by molar-refractivity contribution is 9.10. The maximum Gasteiger partial charge on any atom is 0.250 e. The summed E-state index contributed by atoms with van der Waals surface area (Å²) < 4.78 is 2.90. The van der Waals surface area contributed by atoms with Gasteiger partial charge in [-0.15, -0.1) is 10.2 Å². The summed E-state index contributed by atoms with van der Waals surface area (Å²) in [6, 6.07) is 22.6. The summed E-state index contributed by atoms with van der Waals surface area (Å²) in [4.78, 5) is 12.3. The molecule has 0 atom stereocenters. The third-order valence-electron chi connectivity index (χ3n) is 4.44. The van der Waals surface area contributed by atoms with Gasteiger partial charge >= 0.3 is 0 Å². The van der Waals surface area contributed by atoms with E-state index >= 15 is 0 Å². The first-order valence-electron chi connectivity index (χ1n) is 9.68. The molecule has 1 N–H and O–H groups in total. The summed E-state index contributed by atoms with van der Waals surface area (Å²) in [5, 5.41) is 14.3. The molecule has 0 fully saturated rings. The first kappa shape index (κ1) is 23.5. The molecule has 1 amide bonds. The SMILES string of the molecule is O=C(CSc1nnc(-c2ccc(Br)cc2)n1-c1ccccc1)N/N=C\c1ccc(Cl)cc1Cl. The molecule has 3 aromatic carbocycles. The van der Waals surface area contributed by atoms with Crippen molar-refractivity contribution >= 4 is 63.0 Å². The third-order valence-corrected chi connectivity index (χ3v) is 6.46. The minimum atomic E-state index is -0.283. The summed E-state index contributed by atoms with van der Waals surface area (Å²) in [5.41, 5.74) is 4.97. The molecule has 4 aromatic rings. The fourth-order valence-corrected chi connectivity index (χ4v) is 4.37. The van der Waals surface area contributed by atoms with E-state index in [9.17, 15) is 4.79 Å². The number of nitrogens with zero attached hydrogens (tertiary/aromatic N) is 4. The Morgan fingerprint density at radius 3 is 2.55 bits per heavy atom. The van der Waals surface area contributed by atoms with Gasteiger partial charge in [-0.25, -0.2) is 5.43 Å². The summed E-state index contributed by atoms with van der Waals surface area (Å²) in [6.07, 6.45) is 1.47. The van der Waals surface area contributed by atoms with E-state index in [4.69, 9.17) is 23.2 Å². The quantitative estimate of drug-likeness (QED) is 0.165. The Hall–Kier alpha value is -2.65. The van der Waals surface area contributed by atoms with Crippen molar-refractivity contribution in [1.29, 1.82) is 0 Å². The van der Waals surface area contributed by atoms with Gasteiger partial charge in [0.2, 0.25) is 0 Å². The Morgan fingerprint density at radius 2 is 1.82 bits per heavy atom. The van der Waals surface area contributed by atoms with Gasteiger partial charge in [0.1, 0.15) is 0 Å². The highest BCUT2D eigenvalue weighted by atomic mass is 79.9. The largest absolute Gasteiger partial charge is 0.272 e. The number of hydrogen-bond donors (Lipinski definition) is 1. The van der Waals surface area contributed by atoms with Crippen molar-refractivity contribution in [1.82, 2.24) is 20.2 Å². The topological polar surface area (TPSA) is 72.2 Å². The van der Waals surface area contributed by atoms with E-state index < -0.39 is 0 Å². The number of rotatable bonds is 7. The summed E-state index contributed by atoms with van der Waals surface area (Å²) in [5.74, 6) is 0.512. The number of hydrogen-bond acceptors (Lipinski definition) is 5. The molecule has 4 rings (SSSR count). The maximum atomic E-state index is 12.3. The molecule has 0 bridgehead atoms. The predicted octanol–water partition coefficient (Wildman–Crippen LogP) is 6.25. The zero-order valence-electron chi connectivity index (χ0n) is 17.0. The monoisotopic (exact) mass is 559 g/mol. The molecule has 0 unspecified atom stereocenters. The molecule has 1 heterocycles. The van der Waals surface area contributed by atoms with E-state index in [1.807, 2.05) is 59.2 Å². The molecule has 0 saturated heterocycles. The summed E-state index contributed by atoms with van der Waals surface area (Å²) in [6.45, 7) is 0. The van der Waals surface area contributed by atoms with Gasteiger partial charge in [0, 0.05) is 26.3 Å². The van der Waals surface area contributed by atoms with Gasteiger partial charge in [-0.1, -0.05) is 87.3 Å². The van der Waals surface area contributed by atoms with Crippen LogP contribution in [0.15, 0.2) is 87.5 Å². The highest BCUT2D eigenvalue weighted by Crippen LogP contribution is 2.28. The Labute approximate surface area is 213 Å². The van der Waals surface area contributed by atoms with Crippen LogP contribution in [0.3, 0.4) is 0 Å². The number of benzene rings is 3. The minimum absolute atomic E-state index is 0.108. The van der Waals surface area contributed by atoms with Crippen LogP contribution in [-0.4, -0.2) is 32.6 Å². The lowest BCUT2D eigenvalue weighted by molar-refractivity contribution is -0.118. The molecule has 0 radical (unpaired) electrons. The smallest absolute Gasteiger partial charge is 0.250 e. The maximum absolute atomic E-state index is 12.3. The number of para-hydroxylation sites is 1. The minimum Gasteiger partial charge on any atom is -0.272 e. The highest BCUT2D eigenvalue weighted by Gasteiger charge is 2.17. The van der Waals surface area contributed by atoms with Gasteiger partial charge in [-0.05, 0) is 36.4 Å². The van der Waals surface area contributed by atoms with E-state index in [2.05, 4.69) is 36.7 Å². The number of carbonyl (C=O) groups excluding carboxylic acids is 1. The second-order valence-electron chi connectivity index (χ2n) is 6.73. The van der Waals surface area contributed by atoms with Crippen LogP contribution >= 0.6 is 50.9 Å². The number of thioether (sulfide) groups is 1. The lowest BCUT2D eigenvalue weighted by Gasteiger charge is -2.10. The molecule has 1 aromatic heterocycles. The fourth-order valence-electron chi connectivity index (χ4n) is 2.90. The number of carbonyl (C=O) groups is 1. The molecule has 6 nitrogen and oxygen atoms in total. The first-order valence-corrected chi connectivity index (χ1v) is 12.2. The number of hydrazone groups is 1. The van der Waals surface area contributed by atoms with Crippen LogP contribution in [0.1, 0.15) is 5.56 Å². The molecule has 0 spiro atoms. The van der Waals surface area contributed by atoms with Crippen molar-refractivity contribution in [3.05, 3.63) is 92.9 Å². The number of nitrogens with one attached hydrogen (secondary N) is 1. The summed E-state index contributed by atoms with van der Waals surface area (Å²) in [7, 11) is 0. The van der Waals surface area contributed by atoms with Crippen LogP contribution in [-0.2, 0) is 4.79 Å². The molecule has 0 saturated carbocycles. The van der Waals surface area contributed by atoms with Gasteiger partial charge in [0.05, 0.1) is 17.0 Å². The normalized spacial score (nSPS) is 11.1. The van der Waals surface area contributed by atoms with Crippen molar-refractivity contribution in [3.8, 4) is 17.1 Å². The van der Waals surface area contributed by atoms with E-state index in [-0.39, 0.29) is 11.7 Å². The standard InChI is InChI=1S/C23H16BrCl2N5OS/c24-17-9-6-15(7-10-17)22-29-30-23(31(22)19-4-2-1-3-5-19)33-14-21(32)28-27-13-16-8-11-18(25)12-20(16)26/h1-13H,14H2,(H,28,32)/b27-13-. The molecule has 0 aliphatic rings. The Bertz CT molecular complexity index is 1300. The molecule has 0 aliphatic carbocycles. The molecular weight excluding hydrogens is 545 g/mol. The van der Waals surface area contributed by atoms with Gasteiger partial charge in [0.25, 0.3) is 5.91 Å². The van der Waals surface area contributed by atoms with Crippen molar-refractivity contribution in [3.63, 3.8) is 0 Å². The Kier molecular flexibility index (Phi) is 7.82. The molecule has 10 heteroatoms. The molecular formula is C23H16BrCl2N5OS. The lowest BCUT2D eigenvalue weighted by Crippen LogP contribution is -2.20. The van der Waals surface area contributed by atoms with Crippen molar-refractivity contribution in [2.45, 2.75) is 5.16 Å². The van der Waals surface area contributed by atoms with Gasteiger partial charge < -0.3 is 0 Å². The lowest BCUT2D eigenvalue weighted by atomic mass is 10.2. The zero-order chi connectivity index (χ0) is 23.2. The van der Waals surface area contributed by atoms with Crippen LogP contribution in [0.4, 0.5) is 0 Å². The van der Waals surface area contributed by atoms with Crippen molar-refractivity contribution in [2.24, 2.45) is 5.10 Å². The number of aromatic nitrogens is 3.